The average Bonchev–Trinajstić information content (AvgIpc) is 3.62. The Morgan fingerprint density at radius 1 is 1.00 bits per heavy atom. The second-order valence-corrected chi connectivity index (χ2v) is 10.7. The molecule has 7 rings (SSSR count). The van der Waals surface area contributed by atoms with Gasteiger partial charge < -0.3 is 10.6 Å². The van der Waals surface area contributed by atoms with Crippen LogP contribution >= 0.6 is 11.3 Å². The van der Waals surface area contributed by atoms with Crippen LogP contribution in [0.2, 0.25) is 0 Å². The first-order valence-corrected chi connectivity index (χ1v) is 12.6. The van der Waals surface area contributed by atoms with Crippen LogP contribution in [0.1, 0.15) is 39.2 Å². The number of anilines is 2. The van der Waals surface area contributed by atoms with Crippen LogP contribution in [0.5, 0.6) is 0 Å². The Morgan fingerprint density at radius 3 is 2.62 bits per heavy atom. The Balaban J connectivity index is 1.62. The highest BCUT2D eigenvalue weighted by molar-refractivity contribution is 7.12. The number of hydrogen-bond acceptors (Lipinski definition) is 5. The molecule has 7 heteroatoms. The summed E-state index contributed by atoms with van der Waals surface area (Å²) in [6.07, 6.45) is 1.66. The number of aryl methyl sites for hydroxylation is 1. The van der Waals surface area contributed by atoms with Gasteiger partial charge in [-0.15, -0.1) is 11.3 Å². The number of nitrogens with one attached hydrogen (secondary N) is 2. The van der Waals surface area contributed by atoms with E-state index in [1.54, 1.807) is 0 Å². The van der Waals surface area contributed by atoms with Gasteiger partial charge in [-0.25, -0.2) is 0 Å². The van der Waals surface area contributed by atoms with Gasteiger partial charge in [0.1, 0.15) is 11.0 Å². The van der Waals surface area contributed by atoms with E-state index >= 15 is 0 Å². The molecule has 170 valence electrons. The number of amides is 2. The smallest absolute Gasteiger partial charge is 0.251 e. The molecule has 1 aromatic heterocycles. The van der Waals surface area contributed by atoms with Crippen molar-refractivity contribution in [2.45, 2.75) is 36.8 Å². The molecule has 4 aliphatic heterocycles. The second-order valence-electron chi connectivity index (χ2n) is 9.74. The van der Waals surface area contributed by atoms with Crippen molar-refractivity contribution < 1.29 is 14.4 Å². The lowest BCUT2D eigenvalue weighted by molar-refractivity contribution is -0.137. The summed E-state index contributed by atoms with van der Waals surface area (Å²) in [4.78, 5) is 45.6. The lowest BCUT2D eigenvalue weighted by atomic mass is 9.57. The SMILES string of the molecule is Cc1ccc2c(c1)[C@]1(C(=O)N2)N2CCC[C@@H]2[C@@H](C(=O)c2cccs2)[C@]12C(=O)Nc1ccccc12. The molecule has 2 aromatic carbocycles. The van der Waals surface area contributed by atoms with Gasteiger partial charge in [-0.2, -0.15) is 0 Å². The maximum Gasteiger partial charge on any atom is 0.251 e. The molecule has 2 spiro atoms. The number of nitrogens with zero attached hydrogens (tertiary/aromatic N) is 1. The first-order valence-electron chi connectivity index (χ1n) is 11.7. The van der Waals surface area contributed by atoms with E-state index in [-0.39, 0.29) is 23.6 Å². The third-order valence-corrected chi connectivity index (χ3v) is 9.18. The molecule has 5 heterocycles. The molecule has 34 heavy (non-hydrogen) atoms. The number of carbonyl (C=O) groups is 3. The van der Waals surface area contributed by atoms with Gasteiger partial charge in [-0.05, 0) is 55.5 Å². The van der Waals surface area contributed by atoms with Gasteiger partial charge in [0.25, 0.3) is 5.91 Å². The zero-order valence-electron chi connectivity index (χ0n) is 18.6. The molecule has 2 N–H and O–H groups in total. The quantitative estimate of drug-likeness (QED) is 0.555. The highest BCUT2D eigenvalue weighted by Gasteiger charge is 2.81. The number of ketones is 1. The molecule has 2 amide bonds. The Kier molecular flexibility index (Phi) is 3.93. The maximum atomic E-state index is 14.3. The van der Waals surface area contributed by atoms with E-state index in [1.807, 2.05) is 66.9 Å². The second kappa shape index (κ2) is 6.64. The Labute approximate surface area is 201 Å². The highest BCUT2D eigenvalue weighted by Crippen LogP contribution is 2.67. The topological polar surface area (TPSA) is 78.5 Å². The van der Waals surface area contributed by atoms with Crippen molar-refractivity contribution in [3.63, 3.8) is 0 Å². The summed E-state index contributed by atoms with van der Waals surface area (Å²) in [5, 5.41) is 8.06. The predicted octanol–water partition coefficient (Wildman–Crippen LogP) is 4.07. The van der Waals surface area contributed by atoms with E-state index in [1.165, 1.54) is 11.3 Å². The summed E-state index contributed by atoms with van der Waals surface area (Å²) in [6.45, 7) is 2.66. The molecule has 0 unspecified atom stereocenters. The molecule has 4 atom stereocenters. The summed E-state index contributed by atoms with van der Waals surface area (Å²) in [5.74, 6) is -1.20. The number of carbonyl (C=O) groups excluding carboxylic acids is 3. The van der Waals surface area contributed by atoms with Gasteiger partial charge >= 0.3 is 0 Å². The predicted molar refractivity (Wildman–Crippen MR) is 130 cm³/mol. The van der Waals surface area contributed by atoms with Crippen LogP contribution in [-0.4, -0.2) is 35.1 Å². The summed E-state index contributed by atoms with van der Waals surface area (Å²) in [6, 6.07) is 17.0. The summed E-state index contributed by atoms with van der Waals surface area (Å²) in [5.41, 5.74) is 1.32. The van der Waals surface area contributed by atoms with Crippen LogP contribution in [0, 0.1) is 12.8 Å². The number of thiophene rings is 1. The van der Waals surface area contributed by atoms with Crippen molar-refractivity contribution in [3.05, 3.63) is 81.5 Å². The lowest BCUT2D eigenvalue weighted by Gasteiger charge is -2.43. The largest absolute Gasteiger partial charge is 0.325 e. The molecule has 0 radical (unpaired) electrons. The third-order valence-electron chi connectivity index (χ3n) is 8.30. The van der Waals surface area contributed by atoms with Crippen molar-refractivity contribution in [2.24, 2.45) is 5.92 Å². The number of hydrogen-bond donors (Lipinski definition) is 2. The van der Waals surface area contributed by atoms with Crippen molar-refractivity contribution in [2.75, 3.05) is 17.2 Å². The molecule has 3 aromatic rings. The summed E-state index contributed by atoms with van der Waals surface area (Å²) < 4.78 is 0. The van der Waals surface area contributed by atoms with Gasteiger partial charge in [0.05, 0.1) is 10.8 Å². The average molecular weight is 470 g/mol. The van der Waals surface area contributed by atoms with Gasteiger partial charge in [-0.3, -0.25) is 19.3 Å². The fourth-order valence-corrected chi connectivity index (χ4v) is 7.97. The molecular weight excluding hydrogens is 446 g/mol. The number of para-hydroxylation sites is 1. The molecular formula is C27H23N3O3S. The Morgan fingerprint density at radius 2 is 1.79 bits per heavy atom. The van der Waals surface area contributed by atoms with Crippen LogP contribution in [-0.2, 0) is 20.5 Å². The van der Waals surface area contributed by atoms with Gasteiger partial charge in [0.2, 0.25) is 5.91 Å². The molecule has 0 saturated carbocycles. The highest BCUT2D eigenvalue weighted by atomic mass is 32.1. The molecule has 4 aliphatic rings. The van der Waals surface area contributed by atoms with E-state index < -0.39 is 16.9 Å². The Bertz CT molecular complexity index is 1400. The third kappa shape index (κ3) is 2.09. The normalized spacial score (nSPS) is 31.0. The Hall–Kier alpha value is -3.29. The lowest BCUT2D eigenvalue weighted by Crippen LogP contribution is -2.62. The molecule has 0 aliphatic carbocycles. The fraction of sp³-hybridized carbons (Fsp3) is 0.296. The van der Waals surface area contributed by atoms with Crippen LogP contribution < -0.4 is 10.6 Å². The molecule has 2 fully saturated rings. The monoisotopic (exact) mass is 469 g/mol. The van der Waals surface area contributed by atoms with Crippen LogP contribution in [0.15, 0.2) is 60.0 Å². The first-order chi connectivity index (χ1) is 16.5. The zero-order valence-corrected chi connectivity index (χ0v) is 19.4. The summed E-state index contributed by atoms with van der Waals surface area (Å²) in [7, 11) is 0. The number of Topliss-reactive ketones (excluding diaryl/α,β-unsaturated/α-hetero) is 1. The zero-order chi connectivity index (χ0) is 23.2. The molecule has 0 bridgehead atoms. The van der Waals surface area contributed by atoms with E-state index in [4.69, 9.17) is 0 Å². The van der Waals surface area contributed by atoms with E-state index in [0.717, 1.165) is 35.2 Å². The minimum absolute atomic E-state index is 0.0514. The van der Waals surface area contributed by atoms with Gasteiger partial charge in [0, 0.05) is 23.0 Å². The van der Waals surface area contributed by atoms with Crippen LogP contribution in [0.4, 0.5) is 11.4 Å². The van der Waals surface area contributed by atoms with Crippen molar-refractivity contribution in [3.8, 4) is 0 Å². The van der Waals surface area contributed by atoms with Gasteiger partial charge in [-0.1, -0.05) is 42.0 Å². The summed E-state index contributed by atoms with van der Waals surface area (Å²) >= 11 is 1.40. The number of fused-ring (bicyclic) bond motifs is 7. The van der Waals surface area contributed by atoms with Crippen molar-refractivity contribution in [1.82, 2.24) is 4.90 Å². The first kappa shape index (κ1) is 20.1. The van der Waals surface area contributed by atoms with Crippen LogP contribution in [0.3, 0.4) is 0 Å². The van der Waals surface area contributed by atoms with E-state index in [2.05, 4.69) is 15.5 Å². The minimum atomic E-state index is -1.36. The fourth-order valence-electron chi connectivity index (χ4n) is 7.26. The van der Waals surface area contributed by atoms with Crippen molar-refractivity contribution >= 4 is 40.3 Å². The number of benzene rings is 2. The van der Waals surface area contributed by atoms with E-state index in [0.29, 0.717) is 17.1 Å². The van der Waals surface area contributed by atoms with Crippen LogP contribution in [0.25, 0.3) is 0 Å². The molecule has 6 nitrogen and oxygen atoms in total. The molecule has 2 saturated heterocycles. The minimum Gasteiger partial charge on any atom is -0.325 e. The number of rotatable bonds is 2. The van der Waals surface area contributed by atoms with Gasteiger partial charge in [0.15, 0.2) is 5.78 Å². The standard InChI is InChI=1S/C27H23N3O3S/c1-15-10-11-19-17(14-15)27(25(33)29-19)26(16-6-2-3-7-18(16)28-24(26)32)22(20-8-4-12-30(20)27)23(31)21-9-5-13-34-21/h2-3,5-7,9-11,13-14,20,22H,4,8,12H2,1H3,(H,28,32)(H,29,33)/t20-,22+,26-,27-/m1/s1. The maximum absolute atomic E-state index is 14.3. The van der Waals surface area contributed by atoms with E-state index in [9.17, 15) is 14.4 Å². The van der Waals surface area contributed by atoms with Crippen molar-refractivity contribution in [1.29, 1.82) is 0 Å².